The van der Waals surface area contributed by atoms with Gasteiger partial charge in [-0.15, -0.1) is 11.3 Å². The fraction of sp³-hybridized carbons (Fsp3) is 0.273. The summed E-state index contributed by atoms with van der Waals surface area (Å²) in [5.41, 5.74) is 4.15. The van der Waals surface area contributed by atoms with E-state index in [2.05, 4.69) is 19.1 Å². The van der Waals surface area contributed by atoms with Crippen LogP contribution in [-0.2, 0) is 0 Å². The van der Waals surface area contributed by atoms with Crippen LogP contribution in [-0.4, -0.2) is 32.0 Å². The van der Waals surface area contributed by atoms with Crippen molar-refractivity contribution in [3.63, 3.8) is 0 Å². The fourth-order valence-electron chi connectivity index (χ4n) is 3.42. The molecule has 3 aromatic rings. The molecule has 2 aromatic carbocycles. The Morgan fingerprint density at radius 1 is 0.966 bits per heavy atom. The summed E-state index contributed by atoms with van der Waals surface area (Å²) in [6, 6.07) is 14.1. The van der Waals surface area contributed by atoms with Crippen LogP contribution in [0.1, 0.15) is 24.9 Å². The number of ether oxygens (including phenoxy) is 3. The first-order chi connectivity index (χ1) is 14.1. The highest BCUT2D eigenvalue weighted by atomic mass is 32.1. The molecule has 0 fully saturated rings. The van der Waals surface area contributed by atoms with Gasteiger partial charge >= 0.3 is 0 Å². The molecule has 7 heteroatoms. The van der Waals surface area contributed by atoms with Crippen LogP contribution in [0.3, 0.4) is 0 Å². The number of anilines is 1. The lowest BCUT2D eigenvalue weighted by atomic mass is 10.0. The van der Waals surface area contributed by atoms with Crippen molar-refractivity contribution in [2.45, 2.75) is 19.4 Å². The quantitative estimate of drug-likeness (QED) is 0.563. The number of hydrazone groups is 1. The zero-order valence-electron chi connectivity index (χ0n) is 16.9. The lowest BCUT2D eigenvalue weighted by Crippen LogP contribution is -2.18. The maximum absolute atomic E-state index is 5.42. The molecule has 29 heavy (non-hydrogen) atoms. The summed E-state index contributed by atoms with van der Waals surface area (Å²) in [5, 5.41) is 9.68. The molecule has 1 aliphatic rings. The van der Waals surface area contributed by atoms with Crippen molar-refractivity contribution in [3.05, 3.63) is 53.4 Å². The summed E-state index contributed by atoms with van der Waals surface area (Å²) < 4.78 is 16.0. The Morgan fingerprint density at radius 3 is 2.41 bits per heavy atom. The van der Waals surface area contributed by atoms with Crippen LogP contribution in [0.5, 0.6) is 17.2 Å². The lowest BCUT2D eigenvalue weighted by Gasteiger charge is -2.21. The Balaban J connectivity index is 1.63. The summed E-state index contributed by atoms with van der Waals surface area (Å²) in [6.07, 6.45) is 0.873. The largest absolute Gasteiger partial charge is 0.497 e. The second-order valence-corrected chi connectivity index (χ2v) is 7.59. The van der Waals surface area contributed by atoms with E-state index in [0.717, 1.165) is 34.3 Å². The zero-order valence-corrected chi connectivity index (χ0v) is 17.7. The monoisotopic (exact) mass is 409 g/mol. The highest BCUT2D eigenvalue weighted by Crippen LogP contribution is 2.39. The molecule has 0 radical (unpaired) electrons. The van der Waals surface area contributed by atoms with E-state index in [4.69, 9.17) is 24.3 Å². The molecule has 1 aliphatic heterocycles. The highest BCUT2D eigenvalue weighted by molar-refractivity contribution is 7.14. The molecule has 0 unspecified atom stereocenters. The number of hydrogen-bond donors (Lipinski definition) is 0. The average Bonchev–Trinajstić information content (AvgIpc) is 3.40. The molecule has 1 atom stereocenters. The summed E-state index contributed by atoms with van der Waals surface area (Å²) >= 11 is 1.58. The Bertz CT molecular complexity index is 1030. The molecule has 1 aromatic heterocycles. The predicted octanol–water partition coefficient (Wildman–Crippen LogP) is 5.16. The first-order valence-electron chi connectivity index (χ1n) is 9.28. The Morgan fingerprint density at radius 2 is 1.72 bits per heavy atom. The van der Waals surface area contributed by atoms with Crippen molar-refractivity contribution in [2.24, 2.45) is 5.10 Å². The maximum Gasteiger partial charge on any atom is 0.207 e. The average molecular weight is 410 g/mol. The molecule has 6 nitrogen and oxygen atoms in total. The number of rotatable bonds is 6. The second kappa shape index (κ2) is 8.13. The van der Waals surface area contributed by atoms with Gasteiger partial charge < -0.3 is 14.2 Å². The third-order valence-electron chi connectivity index (χ3n) is 4.93. The van der Waals surface area contributed by atoms with E-state index in [-0.39, 0.29) is 6.04 Å². The molecule has 0 bridgehead atoms. The van der Waals surface area contributed by atoms with Crippen LogP contribution in [0, 0.1) is 0 Å². The third-order valence-corrected chi connectivity index (χ3v) is 5.76. The van der Waals surface area contributed by atoms with E-state index in [0.29, 0.717) is 11.5 Å². The number of benzene rings is 2. The number of methoxy groups -OCH3 is 3. The zero-order chi connectivity index (χ0) is 20.4. The summed E-state index contributed by atoms with van der Waals surface area (Å²) in [6.45, 7) is 2.05. The molecule has 150 valence electrons. The normalized spacial score (nSPS) is 15.9. The minimum Gasteiger partial charge on any atom is -0.497 e. The van der Waals surface area contributed by atoms with Crippen LogP contribution in [0.2, 0.25) is 0 Å². The van der Waals surface area contributed by atoms with Crippen LogP contribution < -0.4 is 19.2 Å². The van der Waals surface area contributed by atoms with Crippen molar-refractivity contribution >= 4 is 22.2 Å². The minimum absolute atomic E-state index is 0.130. The van der Waals surface area contributed by atoms with Gasteiger partial charge in [-0.3, -0.25) is 0 Å². The molecule has 0 aliphatic carbocycles. The van der Waals surface area contributed by atoms with Gasteiger partial charge in [0.25, 0.3) is 0 Å². The Kier molecular flexibility index (Phi) is 5.40. The number of thiazole rings is 1. The van der Waals surface area contributed by atoms with Gasteiger partial charge in [-0.2, -0.15) is 5.10 Å². The van der Waals surface area contributed by atoms with Crippen molar-refractivity contribution in [2.75, 3.05) is 26.3 Å². The van der Waals surface area contributed by atoms with Crippen LogP contribution >= 0.6 is 11.3 Å². The van der Waals surface area contributed by atoms with Gasteiger partial charge in [0.15, 0.2) is 11.5 Å². The Hall–Kier alpha value is -3.06. The van der Waals surface area contributed by atoms with Crippen LogP contribution in [0.25, 0.3) is 11.3 Å². The van der Waals surface area contributed by atoms with Crippen molar-refractivity contribution in [1.82, 2.24) is 4.98 Å². The second-order valence-electron chi connectivity index (χ2n) is 6.76. The van der Waals surface area contributed by atoms with Gasteiger partial charge in [0.2, 0.25) is 5.13 Å². The van der Waals surface area contributed by atoms with Crippen LogP contribution in [0.15, 0.2) is 52.9 Å². The van der Waals surface area contributed by atoms with Gasteiger partial charge in [-0.25, -0.2) is 9.99 Å². The van der Waals surface area contributed by atoms with Gasteiger partial charge in [0, 0.05) is 23.1 Å². The summed E-state index contributed by atoms with van der Waals surface area (Å²) in [5.74, 6) is 2.23. The first-order valence-corrected chi connectivity index (χ1v) is 10.2. The standard InChI is InChI=1S/C22H23N3O3S/c1-14-11-19(15-5-8-17(26-2)9-6-15)25(24-14)22-23-18(13-29-22)16-7-10-20(27-3)21(12-16)28-4/h5-10,12-13,19H,11H2,1-4H3/t19-/m0/s1. The van der Waals surface area contributed by atoms with E-state index in [9.17, 15) is 0 Å². The molecular weight excluding hydrogens is 386 g/mol. The van der Waals surface area contributed by atoms with Crippen molar-refractivity contribution < 1.29 is 14.2 Å². The first kappa shape index (κ1) is 19.3. The topological polar surface area (TPSA) is 56.2 Å². The van der Waals surface area contributed by atoms with E-state index in [1.54, 1.807) is 32.7 Å². The molecular formula is C22H23N3O3S. The highest BCUT2D eigenvalue weighted by Gasteiger charge is 2.29. The molecule has 0 N–H and O–H groups in total. The van der Waals surface area contributed by atoms with E-state index in [1.807, 2.05) is 40.7 Å². The molecule has 2 heterocycles. The lowest BCUT2D eigenvalue weighted by molar-refractivity contribution is 0.355. The fourth-order valence-corrected chi connectivity index (χ4v) is 4.25. The van der Waals surface area contributed by atoms with Gasteiger partial charge in [-0.1, -0.05) is 12.1 Å². The van der Waals surface area contributed by atoms with Crippen molar-refractivity contribution in [1.29, 1.82) is 0 Å². The third kappa shape index (κ3) is 3.78. The number of aromatic nitrogens is 1. The molecule has 0 spiro atoms. The Labute approximate surface area is 174 Å². The summed E-state index contributed by atoms with van der Waals surface area (Å²) in [7, 11) is 4.94. The van der Waals surface area contributed by atoms with E-state index < -0.39 is 0 Å². The molecule has 0 saturated heterocycles. The van der Waals surface area contributed by atoms with Gasteiger partial charge in [0.1, 0.15) is 5.75 Å². The smallest absolute Gasteiger partial charge is 0.207 e. The number of hydrogen-bond acceptors (Lipinski definition) is 7. The SMILES string of the molecule is COc1ccc([C@@H]2CC(C)=NN2c2nc(-c3ccc(OC)c(OC)c3)cs2)cc1. The van der Waals surface area contributed by atoms with Gasteiger partial charge in [-0.05, 0) is 42.8 Å². The minimum atomic E-state index is 0.130. The van der Waals surface area contributed by atoms with Crippen LogP contribution in [0.4, 0.5) is 5.13 Å². The predicted molar refractivity (Wildman–Crippen MR) is 117 cm³/mol. The maximum atomic E-state index is 5.42. The van der Waals surface area contributed by atoms with Gasteiger partial charge in [0.05, 0.1) is 33.1 Å². The summed E-state index contributed by atoms with van der Waals surface area (Å²) in [4.78, 5) is 4.85. The number of nitrogens with zero attached hydrogens (tertiary/aromatic N) is 3. The van der Waals surface area contributed by atoms with Crippen molar-refractivity contribution in [3.8, 4) is 28.5 Å². The molecule has 0 saturated carbocycles. The molecule has 0 amide bonds. The van der Waals surface area contributed by atoms with E-state index in [1.165, 1.54) is 5.56 Å². The van der Waals surface area contributed by atoms with E-state index >= 15 is 0 Å². The molecule has 4 rings (SSSR count).